The molecule has 43 heteroatoms. The topological polar surface area (TPSA) is 352 Å². The third kappa shape index (κ3) is 21.1. The summed E-state index contributed by atoms with van der Waals surface area (Å²) in [6.07, 6.45) is -4.05. The van der Waals surface area contributed by atoms with Gasteiger partial charge in [-0.3, -0.25) is 31.9 Å². The number of carbonyl (C=O) groups is 1. The molecule has 0 radical (unpaired) electrons. The number of hydrogen-bond donors (Lipinski definition) is 7. The van der Waals surface area contributed by atoms with Gasteiger partial charge in [0, 0.05) is 31.1 Å². The van der Waals surface area contributed by atoms with Crippen molar-refractivity contribution in [1.29, 1.82) is 0 Å². The van der Waals surface area contributed by atoms with E-state index in [4.69, 9.17) is 44.2 Å². The number of nitrogens with zero attached hydrogens (tertiary/aromatic N) is 7. The molecule has 7 heterocycles. The predicted octanol–water partition coefficient (Wildman–Crippen LogP) is 14.5. The zero-order chi connectivity index (χ0) is 80.9. The van der Waals surface area contributed by atoms with Crippen LogP contribution in [0.15, 0.2) is 166 Å². The van der Waals surface area contributed by atoms with Crippen LogP contribution in [0.4, 0.5) is 30.6 Å². The highest BCUT2D eigenvalue weighted by Crippen LogP contribution is 3.18. The second kappa shape index (κ2) is 41.3. The molecule has 5 fully saturated rings. The summed E-state index contributed by atoms with van der Waals surface area (Å²) < 4.78 is 103. The van der Waals surface area contributed by atoms with Gasteiger partial charge < -0.3 is 73.4 Å². The number of aliphatic hydroxyl groups excluding tert-OH is 4. The molecule has 4 aliphatic heterocycles. The number of esters is 1. The first kappa shape index (κ1) is 92.1. The lowest BCUT2D eigenvalue weighted by Crippen LogP contribution is -2.59. The molecule has 5 aliphatic rings. The van der Waals surface area contributed by atoms with Gasteiger partial charge in [0.2, 0.25) is 0 Å². The molecule has 0 bridgehead atoms. The van der Waals surface area contributed by atoms with E-state index in [2.05, 4.69) is 82.8 Å². The van der Waals surface area contributed by atoms with Crippen molar-refractivity contribution >= 4 is 137 Å². The van der Waals surface area contributed by atoms with Crippen molar-refractivity contribution in [2.24, 2.45) is 5.92 Å². The second-order valence-corrected chi connectivity index (χ2v) is 75.1. The summed E-state index contributed by atoms with van der Waals surface area (Å²) in [7, 11) is 20.0. The Bertz CT molecular complexity index is 4370. The van der Waals surface area contributed by atoms with Crippen LogP contribution in [0.1, 0.15) is 108 Å². The predicted molar refractivity (Wildman–Crippen MR) is 462 cm³/mol. The van der Waals surface area contributed by atoms with Crippen molar-refractivity contribution < 1.29 is 75.7 Å². The monoisotopic (exact) mass is 1800 g/mol. The Labute approximate surface area is 665 Å². The maximum Gasteiger partial charge on any atom is 0.462 e. The Morgan fingerprint density at radius 1 is 0.667 bits per heavy atom. The first-order valence-corrected chi connectivity index (χ1v) is 59.0. The molecule has 22 atom stereocenters. The van der Waals surface area contributed by atoms with E-state index in [1.165, 1.54) is 42.2 Å². The fraction of sp³-hybridized carbons (Fsp3) is 0.456. The van der Waals surface area contributed by atoms with Crippen molar-refractivity contribution in [3.63, 3.8) is 0 Å². The van der Waals surface area contributed by atoms with Gasteiger partial charge in [-0.2, -0.15) is 26.6 Å². The van der Waals surface area contributed by atoms with Gasteiger partial charge >= 0.3 is 30.8 Å². The molecule has 4 aromatic carbocycles. The summed E-state index contributed by atoms with van der Waals surface area (Å²) in [5.41, 5.74) is 6.19. The number of rotatable bonds is 23. The minimum absolute atomic E-state index is 0.0131. The first-order valence-electron chi connectivity index (χ1n) is 35.1. The summed E-state index contributed by atoms with van der Waals surface area (Å²) in [6, 6.07) is 38.9. The van der Waals surface area contributed by atoms with E-state index < -0.39 is 134 Å². The van der Waals surface area contributed by atoms with Crippen LogP contribution in [-0.2, 0) is 38.4 Å². The number of nitrogens with one attached hydrogen (secondary N) is 1. The smallest absolute Gasteiger partial charge is 0.462 e. The number of alkyl halides is 3. The minimum atomic E-state index is -4.22. The molecule has 9 unspecified atom stereocenters. The fourth-order valence-corrected chi connectivity index (χ4v) is 137. The number of anilines is 3. The number of benzene rings is 4. The zero-order valence-corrected chi connectivity index (χ0v) is 75.7. The Kier molecular flexibility index (Phi) is 34.3. The molecule has 1 saturated carbocycles. The fourth-order valence-electron chi connectivity index (χ4n) is 13.5. The molecular formula is C68H96F3N10O16P14-. The molecule has 3 aromatic heterocycles. The molecule has 0 amide bonds. The van der Waals surface area contributed by atoms with Crippen molar-refractivity contribution in [2.45, 2.75) is 157 Å². The summed E-state index contributed by atoms with van der Waals surface area (Å²) in [5.74, 6) is -0.0266. The average molecular weight is 1800 g/mol. The maximum atomic E-state index is 15.5. The zero-order valence-electron chi connectivity index (χ0n) is 61.3. The molecule has 1 aliphatic carbocycles. The van der Waals surface area contributed by atoms with Crippen LogP contribution in [0.3, 0.4) is 0 Å². The number of aliphatic hydroxyl groups is 4. The average Bonchev–Trinajstić information content (AvgIpc) is 1.73. The van der Waals surface area contributed by atoms with Gasteiger partial charge in [0.05, 0.1) is 32.5 Å². The largest absolute Gasteiger partial charge is 0.497 e. The van der Waals surface area contributed by atoms with Crippen LogP contribution in [0, 0.1) is 5.92 Å². The number of nitrogen functional groups attached to an aromatic ring is 2. The number of hydrogen-bond acceptors (Lipinski definition) is 22. The van der Waals surface area contributed by atoms with Crippen molar-refractivity contribution in [2.75, 3.05) is 50.3 Å². The Balaban J connectivity index is 0.000000185. The van der Waals surface area contributed by atoms with Gasteiger partial charge in [-0.05, 0) is 126 Å². The standard InChI is InChI=1S/C32H34FN3O4.C25H32FN4O8P.C11H16FN3O4.H14P13/c1-4-31(21-37)22(2)28(33)29(40-31)36-20-19-27(34-30(36)38)35-32(23-11-7-5-8-12-23,24-13-9-6-10-14-24)25-15-17-26(39-3)18-16-25;1-16(23(32)36-17-8-4-2-5-9-17)30-14-25(15-35-39(30,34)38-18-10-6-3-7-11-18)21(31)20(26)22(37-25)29-13-12-19(27)28-24(29)33;1-2-11(5-16)8(17)7(12)9(19-11)15-4-3-6(13)14-10(15)18;1-8-12(9(2)3)13(10(4)5)11(6)7/h5-20,22,28-29,37H,4,21H2,1-3H3,(H,34,35,38);3,6-7,10-13,16-17,20-22,31H,2,4-5,8-9,14-15H2,1H3,(H2,27,28,33);3-4,7-9,16-17H,2,5H2,1H3,(H2,13,14,18);1-7H2/q;;;-1/t22-,28+,29+,31+;16-,20+,21-,22+,25+,39?;7-,8+,9-,11-;/m001./s1. The SMILES string of the molecule is CC[C@]1(CO)O[C@@H](n2ccc(N)nc2=O)[C@H](F)[C@@H]1O.CC[C@]1(CO)O[C@@H](n2ccc(NC(c3ccccc3)(c3ccccc3)c3ccc(OC)cc3)nc2=O)[C@H](F)[C@@H]1C.C[C@@H](C(=O)OC1CCCCC1)N1C[C@]2(COP1(=O)Oc1ccccc1)O[C@@H](n1ccc(N)nc1=O)[C@H](F)[C@@H]2O.P[P-]P(P(P)P)P(P(P)P)P(P)P. The lowest BCUT2D eigenvalue weighted by atomic mass is 9.77. The van der Waals surface area contributed by atoms with E-state index >= 15 is 8.78 Å². The summed E-state index contributed by atoms with van der Waals surface area (Å²) >= 11 is 0. The lowest BCUT2D eigenvalue weighted by Gasteiger charge is -2.45. The molecule has 606 valence electrons. The van der Waals surface area contributed by atoms with Gasteiger partial charge in [0.25, 0.3) is 0 Å². The van der Waals surface area contributed by atoms with Gasteiger partial charge in [0.15, 0.2) is 37.2 Å². The van der Waals surface area contributed by atoms with Crippen LogP contribution >= 0.6 is 113 Å². The molecular weight excluding hydrogens is 1700 g/mol. The number of methoxy groups -OCH3 is 1. The third-order valence-corrected chi connectivity index (χ3v) is 92.5. The molecule has 4 saturated heterocycles. The van der Waals surface area contributed by atoms with Crippen molar-refractivity contribution in [3.8, 4) is 11.5 Å². The summed E-state index contributed by atoms with van der Waals surface area (Å²) in [5, 5.41) is 43.7. The molecule has 7 aromatic rings. The first-order chi connectivity index (χ1) is 52.9. The highest BCUT2D eigenvalue weighted by Gasteiger charge is 2.64. The van der Waals surface area contributed by atoms with Gasteiger partial charge in [-0.25, -0.2) is 32.1 Å². The number of ether oxygens (including phenoxy) is 5. The normalized spacial score (nSPS) is 27.4. The van der Waals surface area contributed by atoms with Crippen LogP contribution in [0.2, 0.25) is 0 Å². The highest BCUT2D eigenvalue weighted by atomic mass is 33.3. The minimum Gasteiger partial charge on any atom is -0.497 e. The van der Waals surface area contributed by atoms with E-state index in [9.17, 15) is 48.6 Å². The number of carbonyl (C=O) groups excluding carboxylic acids is 1. The molecule has 111 heavy (non-hydrogen) atoms. The third-order valence-electron chi connectivity index (χ3n) is 19.9. The van der Waals surface area contributed by atoms with E-state index in [0.29, 0.717) is 12.2 Å². The maximum absolute atomic E-state index is 15.5. The molecule has 26 nitrogen and oxygen atoms in total. The van der Waals surface area contributed by atoms with Crippen LogP contribution < -0.4 is 43.1 Å². The summed E-state index contributed by atoms with van der Waals surface area (Å²) in [6.45, 7) is 5.58. The molecule has 9 N–H and O–H groups in total. The van der Waals surface area contributed by atoms with Gasteiger partial charge in [0.1, 0.15) is 70.0 Å². The van der Waals surface area contributed by atoms with Crippen LogP contribution in [-0.4, -0.2) is 153 Å². The Morgan fingerprint density at radius 2 is 1.14 bits per heavy atom. The van der Waals surface area contributed by atoms with E-state index in [1.807, 2.05) is 91.9 Å². The van der Waals surface area contributed by atoms with Gasteiger partial charge in [-0.15, -0.1) is 53.6 Å². The van der Waals surface area contributed by atoms with Crippen LogP contribution in [0.25, 0.3) is 0 Å². The van der Waals surface area contributed by atoms with Crippen LogP contribution in [0.5, 0.6) is 11.5 Å². The highest BCUT2D eigenvalue weighted by molar-refractivity contribution is 9.24. The van der Waals surface area contributed by atoms with Gasteiger partial charge in [-0.1, -0.05) is 125 Å². The number of para-hydroxylation sites is 1. The van der Waals surface area contributed by atoms with Crippen molar-refractivity contribution in [3.05, 3.63) is 200 Å². The van der Waals surface area contributed by atoms with E-state index in [-0.39, 0.29) is 71.5 Å². The van der Waals surface area contributed by atoms with Crippen molar-refractivity contribution in [1.82, 2.24) is 33.3 Å². The lowest BCUT2D eigenvalue weighted by molar-refractivity contribution is -0.165. The van der Waals surface area contributed by atoms with E-state index in [0.717, 1.165) is 68.3 Å². The van der Waals surface area contributed by atoms with E-state index in [1.54, 1.807) is 65.3 Å². The quantitative estimate of drug-likeness (QED) is 0.0178. The second-order valence-electron chi connectivity index (χ2n) is 26.6. The molecule has 1 spiro atoms. The Morgan fingerprint density at radius 3 is 1.58 bits per heavy atom. The number of nitrogens with two attached hydrogens (primary N) is 2. The Hall–Kier alpha value is -2.76. The number of halogens is 3. The molecule has 12 rings (SSSR count). The number of aromatic nitrogens is 6. The summed E-state index contributed by atoms with van der Waals surface area (Å²) in [4.78, 5) is 62.0.